The molecule has 0 aromatic carbocycles. The summed E-state index contributed by atoms with van der Waals surface area (Å²) in [4.78, 5) is 2.60. The fourth-order valence-electron chi connectivity index (χ4n) is 3.52. The molecule has 1 aromatic heterocycles. The first-order valence-corrected chi connectivity index (χ1v) is 8.07. The minimum absolute atomic E-state index is 0.277. The Kier molecular flexibility index (Phi) is 3.53. The Morgan fingerprint density at radius 1 is 1.45 bits per heavy atom. The van der Waals surface area contributed by atoms with Gasteiger partial charge in [0.2, 0.25) is 0 Å². The average Bonchev–Trinajstić information content (AvgIpc) is 3.17. The minimum atomic E-state index is 0.277. The maximum atomic E-state index is 4.47. The van der Waals surface area contributed by atoms with Crippen molar-refractivity contribution < 1.29 is 0 Å². The van der Waals surface area contributed by atoms with Crippen molar-refractivity contribution in [2.24, 2.45) is 11.8 Å². The molecule has 1 aliphatic heterocycles. The second kappa shape index (κ2) is 5.06. The molecule has 1 aromatic rings. The zero-order valence-corrected chi connectivity index (χ0v) is 13.3. The molecule has 4 nitrogen and oxygen atoms in total. The lowest BCUT2D eigenvalue weighted by Gasteiger charge is -2.48. The molecule has 0 amide bonds. The Hall–Kier alpha value is -1.03. The van der Waals surface area contributed by atoms with E-state index in [1.165, 1.54) is 18.5 Å². The van der Waals surface area contributed by atoms with E-state index in [9.17, 15) is 0 Å². The Labute approximate surface area is 122 Å². The number of nitrogens with zero attached hydrogens (tertiary/aromatic N) is 3. The lowest BCUT2D eigenvalue weighted by atomic mass is 9.88. The Morgan fingerprint density at radius 3 is 2.75 bits per heavy atom. The maximum absolute atomic E-state index is 4.47. The zero-order chi connectivity index (χ0) is 14.3. The van der Waals surface area contributed by atoms with Crippen molar-refractivity contribution in [2.45, 2.75) is 58.7 Å². The summed E-state index contributed by atoms with van der Waals surface area (Å²) in [5.74, 6) is 1.51. The van der Waals surface area contributed by atoms with Crippen LogP contribution in [0.3, 0.4) is 0 Å². The van der Waals surface area contributed by atoms with Crippen molar-refractivity contribution in [3.63, 3.8) is 0 Å². The van der Waals surface area contributed by atoms with Crippen LogP contribution in [-0.2, 0) is 6.54 Å². The van der Waals surface area contributed by atoms with Gasteiger partial charge in [-0.2, -0.15) is 5.10 Å². The van der Waals surface area contributed by atoms with Gasteiger partial charge in [-0.3, -0.25) is 4.68 Å². The topological polar surface area (TPSA) is 33.1 Å². The quantitative estimate of drug-likeness (QED) is 0.917. The predicted octanol–water partition coefficient (Wildman–Crippen LogP) is 2.51. The summed E-state index contributed by atoms with van der Waals surface area (Å²) < 4.78 is 2.03. The van der Waals surface area contributed by atoms with Crippen molar-refractivity contribution in [3.8, 4) is 0 Å². The van der Waals surface area contributed by atoms with Gasteiger partial charge in [0.1, 0.15) is 0 Å². The van der Waals surface area contributed by atoms with Crippen LogP contribution in [0.5, 0.6) is 0 Å². The highest BCUT2D eigenvalue weighted by Crippen LogP contribution is 2.42. The van der Waals surface area contributed by atoms with E-state index in [2.05, 4.69) is 49.2 Å². The third kappa shape index (κ3) is 2.46. The molecule has 0 radical (unpaired) electrons. The monoisotopic (exact) mass is 276 g/mol. The van der Waals surface area contributed by atoms with Gasteiger partial charge in [0, 0.05) is 37.4 Å². The van der Waals surface area contributed by atoms with Crippen LogP contribution in [0, 0.1) is 11.8 Å². The molecule has 1 saturated heterocycles. The molecular weight excluding hydrogens is 248 g/mol. The number of piperazine rings is 1. The first-order chi connectivity index (χ1) is 9.53. The average molecular weight is 276 g/mol. The third-order valence-corrected chi connectivity index (χ3v) is 5.14. The molecule has 4 heteroatoms. The third-order valence-electron chi connectivity index (χ3n) is 5.14. The van der Waals surface area contributed by atoms with Crippen molar-refractivity contribution in [1.82, 2.24) is 15.1 Å². The van der Waals surface area contributed by atoms with E-state index in [1.54, 1.807) is 0 Å². The predicted molar refractivity (Wildman–Crippen MR) is 83.0 cm³/mol. The smallest absolute Gasteiger partial charge is 0.0756 e. The number of hydrogen-bond donors (Lipinski definition) is 1. The summed E-state index contributed by atoms with van der Waals surface area (Å²) in [6.45, 7) is 12.3. The highest BCUT2D eigenvalue weighted by Gasteiger charge is 2.46. The van der Waals surface area contributed by atoms with Gasteiger partial charge in [0.15, 0.2) is 0 Å². The van der Waals surface area contributed by atoms with Crippen LogP contribution in [-0.4, -0.2) is 34.5 Å². The largest absolute Gasteiger partial charge is 0.363 e. The first-order valence-electron chi connectivity index (χ1n) is 8.07. The molecule has 1 saturated carbocycles. The molecular formula is C16H28N4. The van der Waals surface area contributed by atoms with Gasteiger partial charge in [0.05, 0.1) is 11.9 Å². The van der Waals surface area contributed by atoms with E-state index in [1.807, 2.05) is 10.9 Å². The summed E-state index contributed by atoms with van der Waals surface area (Å²) in [6, 6.07) is 0.566. The van der Waals surface area contributed by atoms with Crippen LogP contribution in [0.4, 0.5) is 5.69 Å². The summed E-state index contributed by atoms with van der Waals surface area (Å²) in [6.07, 6.45) is 7.02. The maximum Gasteiger partial charge on any atom is 0.0756 e. The summed E-state index contributed by atoms with van der Waals surface area (Å²) in [5.41, 5.74) is 1.57. The molecule has 20 heavy (non-hydrogen) atoms. The Morgan fingerprint density at radius 2 is 2.20 bits per heavy atom. The molecule has 2 aliphatic rings. The number of aromatic nitrogens is 2. The second-order valence-corrected chi connectivity index (χ2v) is 7.07. The van der Waals surface area contributed by atoms with Gasteiger partial charge in [0.25, 0.3) is 0 Å². The summed E-state index contributed by atoms with van der Waals surface area (Å²) >= 11 is 0. The number of hydrogen-bond acceptors (Lipinski definition) is 3. The van der Waals surface area contributed by atoms with Crippen LogP contribution in [0.15, 0.2) is 12.4 Å². The van der Waals surface area contributed by atoms with Crippen LogP contribution in [0.2, 0.25) is 0 Å². The molecule has 2 unspecified atom stereocenters. The number of nitrogens with one attached hydrogen (secondary N) is 1. The van der Waals surface area contributed by atoms with E-state index in [4.69, 9.17) is 0 Å². The van der Waals surface area contributed by atoms with Gasteiger partial charge in [-0.15, -0.1) is 0 Å². The van der Waals surface area contributed by atoms with Crippen LogP contribution < -0.4 is 10.2 Å². The SMILES string of the molecule is CCn1cc(N2CC(C)(C3CC3)NCC2C(C)C)cn1. The van der Waals surface area contributed by atoms with E-state index >= 15 is 0 Å². The van der Waals surface area contributed by atoms with Gasteiger partial charge in [-0.05, 0) is 38.5 Å². The van der Waals surface area contributed by atoms with Gasteiger partial charge in [-0.1, -0.05) is 13.8 Å². The Balaban J connectivity index is 1.85. The highest BCUT2D eigenvalue weighted by atomic mass is 15.3. The lowest BCUT2D eigenvalue weighted by Crippen LogP contribution is -2.65. The molecule has 1 aliphatic carbocycles. The van der Waals surface area contributed by atoms with Crippen LogP contribution >= 0.6 is 0 Å². The fraction of sp³-hybridized carbons (Fsp3) is 0.812. The van der Waals surface area contributed by atoms with Crippen molar-refractivity contribution in [3.05, 3.63) is 12.4 Å². The first kappa shape index (κ1) is 13.9. The van der Waals surface area contributed by atoms with Crippen molar-refractivity contribution >= 4 is 5.69 Å². The highest BCUT2D eigenvalue weighted by molar-refractivity contribution is 5.46. The normalized spacial score (nSPS) is 31.1. The van der Waals surface area contributed by atoms with E-state index in [0.717, 1.165) is 25.6 Å². The Bertz CT molecular complexity index is 463. The molecule has 2 fully saturated rings. The van der Waals surface area contributed by atoms with Gasteiger partial charge in [-0.25, -0.2) is 0 Å². The van der Waals surface area contributed by atoms with E-state index in [-0.39, 0.29) is 5.54 Å². The number of aryl methyl sites for hydroxylation is 1. The van der Waals surface area contributed by atoms with Gasteiger partial charge >= 0.3 is 0 Å². The number of anilines is 1. The molecule has 0 spiro atoms. The van der Waals surface area contributed by atoms with Crippen molar-refractivity contribution in [2.75, 3.05) is 18.0 Å². The molecule has 3 rings (SSSR count). The minimum Gasteiger partial charge on any atom is -0.363 e. The molecule has 0 bridgehead atoms. The second-order valence-electron chi connectivity index (χ2n) is 7.07. The lowest BCUT2D eigenvalue weighted by molar-refractivity contribution is 0.233. The molecule has 112 valence electrons. The van der Waals surface area contributed by atoms with Crippen molar-refractivity contribution in [1.29, 1.82) is 0 Å². The molecule has 1 N–H and O–H groups in total. The molecule has 2 heterocycles. The van der Waals surface area contributed by atoms with Gasteiger partial charge < -0.3 is 10.2 Å². The fourth-order valence-corrected chi connectivity index (χ4v) is 3.52. The van der Waals surface area contributed by atoms with Crippen LogP contribution in [0.25, 0.3) is 0 Å². The summed E-state index contributed by atoms with van der Waals surface area (Å²) in [5, 5.41) is 8.31. The number of rotatable bonds is 4. The standard InChI is InChI=1S/C16H28N4/c1-5-19-10-14(8-18-19)20-11-16(4,13-6-7-13)17-9-15(20)12(2)3/h8,10,12-13,15,17H,5-7,9,11H2,1-4H3. The summed E-state index contributed by atoms with van der Waals surface area (Å²) in [7, 11) is 0. The van der Waals surface area contributed by atoms with Crippen LogP contribution in [0.1, 0.15) is 40.5 Å². The van der Waals surface area contributed by atoms with E-state index < -0.39 is 0 Å². The zero-order valence-electron chi connectivity index (χ0n) is 13.3. The molecule has 2 atom stereocenters. The van der Waals surface area contributed by atoms with E-state index in [0.29, 0.717) is 12.0 Å².